The number of allylic oxidation sites excluding steroid dienone is 1. The number of halogens is 4. The van der Waals surface area contributed by atoms with E-state index in [-0.39, 0.29) is 5.56 Å². The van der Waals surface area contributed by atoms with E-state index in [4.69, 9.17) is 0 Å². The van der Waals surface area contributed by atoms with Gasteiger partial charge in [-0.1, -0.05) is 22.5 Å². The standard InChI is InChI=1S/C8H8BrF3N2/c1-5(3-9)6-4-14(2)13-7(6)8(10,11)12/h4H,1,3H2,2H3. The first-order chi connectivity index (χ1) is 6.36. The first-order valence-corrected chi connectivity index (χ1v) is 4.83. The van der Waals surface area contributed by atoms with Crippen molar-refractivity contribution < 1.29 is 13.2 Å². The van der Waals surface area contributed by atoms with E-state index in [1.54, 1.807) is 0 Å². The van der Waals surface area contributed by atoms with Gasteiger partial charge >= 0.3 is 6.18 Å². The Hall–Kier alpha value is -0.780. The quantitative estimate of drug-likeness (QED) is 0.755. The Morgan fingerprint density at radius 1 is 1.64 bits per heavy atom. The molecule has 0 unspecified atom stereocenters. The fraction of sp³-hybridized carbons (Fsp3) is 0.375. The molecule has 0 aliphatic carbocycles. The average molecular weight is 269 g/mol. The van der Waals surface area contributed by atoms with Crippen molar-refractivity contribution >= 4 is 21.5 Å². The summed E-state index contributed by atoms with van der Waals surface area (Å²) in [5, 5.41) is 3.65. The molecule has 2 nitrogen and oxygen atoms in total. The molecule has 6 heteroatoms. The Labute approximate surface area is 87.5 Å². The Bertz CT molecular complexity index is 354. The molecule has 0 bridgehead atoms. The number of rotatable bonds is 2. The zero-order valence-electron chi connectivity index (χ0n) is 7.40. The monoisotopic (exact) mass is 268 g/mol. The lowest BCUT2D eigenvalue weighted by Crippen LogP contribution is -2.09. The summed E-state index contributed by atoms with van der Waals surface area (Å²) in [7, 11) is 1.44. The van der Waals surface area contributed by atoms with Gasteiger partial charge in [-0.15, -0.1) is 0 Å². The van der Waals surface area contributed by atoms with Gasteiger partial charge in [-0.3, -0.25) is 4.68 Å². The van der Waals surface area contributed by atoms with Gasteiger partial charge in [0.15, 0.2) is 5.69 Å². The van der Waals surface area contributed by atoms with E-state index in [0.29, 0.717) is 10.9 Å². The topological polar surface area (TPSA) is 17.8 Å². The van der Waals surface area contributed by atoms with Gasteiger partial charge in [0.1, 0.15) is 0 Å². The van der Waals surface area contributed by atoms with Crippen LogP contribution in [0.4, 0.5) is 13.2 Å². The van der Waals surface area contributed by atoms with Crippen LogP contribution in [0.5, 0.6) is 0 Å². The number of hydrogen-bond donors (Lipinski definition) is 0. The summed E-state index contributed by atoms with van der Waals surface area (Å²) in [6.45, 7) is 3.53. The SMILES string of the molecule is C=C(CBr)c1cn(C)nc1C(F)(F)F. The minimum atomic E-state index is -4.43. The minimum Gasteiger partial charge on any atom is -0.275 e. The molecule has 0 saturated carbocycles. The molecule has 0 fully saturated rings. The Morgan fingerprint density at radius 3 is 2.64 bits per heavy atom. The fourth-order valence-electron chi connectivity index (χ4n) is 1.03. The molecule has 1 rings (SSSR count). The van der Waals surface area contributed by atoms with Gasteiger partial charge in [0.05, 0.1) is 0 Å². The normalized spacial score (nSPS) is 11.8. The van der Waals surface area contributed by atoms with Crippen LogP contribution in [-0.4, -0.2) is 15.1 Å². The van der Waals surface area contributed by atoms with Crippen molar-refractivity contribution in [3.05, 3.63) is 24.0 Å². The van der Waals surface area contributed by atoms with Crippen LogP contribution >= 0.6 is 15.9 Å². The van der Waals surface area contributed by atoms with Crippen LogP contribution in [0.25, 0.3) is 5.57 Å². The smallest absolute Gasteiger partial charge is 0.275 e. The van der Waals surface area contributed by atoms with Crippen LogP contribution in [0.1, 0.15) is 11.3 Å². The van der Waals surface area contributed by atoms with Gasteiger partial charge in [0, 0.05) is 24.1 Å². The Kier molecular flexibility index (Phi) is 3.04. The van der Waals surface area contributed by atoms with Crippen LogP contribution in [-0.2, 0) is 13.2 Å². The highest BCUT2D eigenvalue weighted by Gasteiger charge is 2.37. The summed E-state index contributed by atoms with van der Waals surface area (Å²) in [4.78, 5) is 0. The molecule has 1 aromatic heterocycles. The first-order valence-electron chi connectivity index (χ1n) is 3.71. The molecule has 0 atom stereocenters. The van der Waals surface area contributed by atoms with E-state index in [1.165, 1.54) is 13.2 Å². The van der Waals surface area contributed by atoms with Crippen molar-refractivity contribution in [2.45, 2.75) is 6.18 Å². The second-order valence-corrected chi connectivity index (χ2v) is 3.36. The van der Waals surface area contributed by atoms with Crippen molar-refractivity contribution in [1.29, 1.82) is 0 Å². The fourth-order valence-corrected chi connectivity index (χ4v) is 1.33. The molecule has 0 saturated heterocycles. The van der Waals surface area contributed by atoms with Gasteiger partial charge in [0.25, 0.3) is 0 Å². The highest BCUT2D eigenvalue weighted by atomic mass is 79.9. The van der Waals surface area contributed by atoms with E-state index < -0.39 is 11.9 Å². The van der Waals surface area contributed by atoms with Gasteiger partial charge in [-0.2, -0.15) is 18.3 Å². The number of nitrogens with zero attached hydrogens (tertiary/aromatic N) is 2. The average Bonchev–Trinajstić information content (AvgIpc) is 2.45. The highest BCUT2D eigenvalue weighted by Crippen LogP contribution is 2.33. The first kappa shape index (κ1) is 11.3. The zero-order chi connectivity index (χ0) is 10.9. The zero-order valence-corrected chi connectivity index (χ0v) is 8.98. The van der Waals surface area contributed by atoms with Crippen LogP contribution in [0.3, 0.4) is 0 Å². The largest absolute Gasteiger partial charge is 0.435 e. The van der Waals surface area contributed by atoms with E-state index in [2.05, 4.69) is 27.6 Å². The molecular weight excluding hydrogens is 261 g/mol. The third-order valence-corrected chi connectivity index (χ3v) is 2.32. The third kappa shape index (κ3) is 2.17. The van der Waals surface area contributed by atoms with E-state index >= 15 is 0 Å². The summed E-state index contributed by atoms with van der Waals surface area (Å²) in [5.41, 5.74) is -0.480. The molecule has 78 valence electrons. The molecule has 1 heterocycles. The lowest BCUT2D eigenvalue weighted by Gasteiger charge is -2.05. The molecular formula is C8H8BrF3N2. The summed E-state index contributed by atoms with van der Waals surface area (Å²) >= 11 is 3.06. The maximum atomic E-state index is 12.4. The van der Waals surface area contributed by atoms with Crippen molar-refractivity contribution in [3.63, 3.8) is 0 Å². The molecule has 0 aliphatic heterocycles. The maximum Gasteiger partial charge on any atom is 0.435 e. The molecule has 14 heavy (non-hydrogen) atoms. The van der Waals surface area contributed by atoms with Gasteiger partial charge in [0.2, 0.25) is 0 Å². The predicted octanol–water partition coefficient (Wildman–Crippen LogP) is 2.85. The number of aryl methyl sites for hydroxylation is 1. The second-order valence-electron chi connectivity index (χ2n) is 2.80. The highest BCUT2D eigenvalue weighted by molar-refractivity contribution is 9.09. The molecule has 0 radical (unpaired) electrons. The molecule has 1 aromatic rings. The molecule has 0 amide bonds. The van der Waals surface area contributed by atoms with Crippen LogP contribution < -0.4 is 0 Å². The minimum absolute atomic E-state index is 0.0388. The third-order valence-electron chi connectivity index (χ3n) is 1.64. The van der Waals surface area contributed by atoms with E-state index in [9.17, 15) is 13.2 Å². The van der Waals surface area contributed by atoms with Gasteiger partial charge < -0.3 is 0 Å². The van der Waals surface area contributed by atoms with Crippen molar-refractivity contribution in [3.8, 4) is 0 Å². The number of alkyl halides is 4. The maximum absolute atomic E-state index is 12.4. The van der Waals surface area contributed by atoms with Crippen LogP contribution in [0.15, 0.2) is 12.8 Å². The summed E-state index contributed by atoms with van der Waals surface area (Å²) in [5.74, 6) is 0. The molecule has 0 aliphatic rings. The number of hydrogen-bond acceptors (Lipinski definition) is 1. The number of aromatic nitrogens is 2. The van der Waals surface area contributed by atoms with Gasteiger partial charge in [-0.25, -0.2) is 0 Å². The van der Waals surface area contributed by atoms with Gasteiger partial charge in [-0.05, 0) is 5.57 Å². The Balaban J connectivity index is 3.23. The molecule has 0 N–H and O–H groups in total. The second kappa shape index (κ2) is 3.76. The lowest BCUT2D eigenvalue weighted by molar-refractivity contribution is -0.141. The summed E-state index contributed by atoms with van der Waals surface area (Å²) in [6.07, 6.45) is -3.12. The van der Waals surface area contributed by atoms with Crippen LogP contribution in [0.2, 0.25) is 0 Å². The summed E-state index contributed by atoms with van der Waals surface area (Å²) in [6, 6.07) is 0. The lowest BCUT2D eigenvalue weighted by atomic mass is 10.1. The van der Waals surface area contributed by atoms with Crippen molar-refractivity contribution in [2.24, 2.45) is 7.05 Å². The van der Waals surface area contributed by atoms with Crippen LogP contribution in [0, 0.1) is 0 Å². The van der Waals surface area contributed by atoms with E-state index in [0.717, 1.165) is 4.68 Å². The van der Waals surface area contributed by atoms with Crippen molar-refractivity contribution in [1.82, 2.24) is 9.78 Å². The van der Waals surface area contributed by atoms with E-state index in [1.807, 2.05) is 0 Å². The Morgan fingerprint density at radius 2 is 2.21 bits per heavy atom. The summed E-state index contributed by atoms with van der Waals surface area (Å²) < 4.78 is 38.4. The predicted molar refractivity (Wildman–Crippen MR) is 51.0 cm³/mol. The molecule has 0 spiro atoms. The van der Waals surface area contributed by atoms with Crippen molar-refractivity contribution in [2.75, 3.05) is 5.33 Å². The molecule has 0 aromatic carbocycles.